The maximum atomic E-state index is 9.04. The second-order valence-corrected chi connectivity index (χ2v) is 4.44. The molecule has 0 aromatic carbocycles. The molecule has 90 valence electrons. The minimum absolute atomic E-state index is 0.193. The zero-order valence-corrected chi connectivity index (χ0v) is 9.67. The van der Waals surface area contributed by atoms with Crippen molar-refractivity contribution in [1.82, 2.24) is 4.98 Å². The fourth-order valence-electron chi connectivity index (χ4n) is 2.12. The number of nitrogens with zero attached hydrogens (tertiary/aromatic N) is 2. The molecule has 0 aliphatic heterocycles. The van der Waals surface area contributed by atoms with Gasteiger partial charge in [-0.2, -0.15) is 5.26 Å². The Morgan fingerprint density at radius 1 is 1.35 bits per heavy atom. The van der Waals surface area contributed by atoms with Crippen molar-refractivity contribution in [3.05, 3.63) is 23.9 Å². The first kappa shape index (κ1) is 11.9. The summed E-state index contributed by atoms with van der Waals surface area (Å²) in [7, 11) is 0. The van der Waals surface area contributed by atoms with Crippen LogP contribution in [0.5, 0.6) is 5.88 Å². The van der Waals surface area contributed by atoms with E-state index in [4.69, 9.17) is 15.1 Å². The summed E-state index contributed by atoms with van der Waals surface area (Å²) in [6.45, 7) is 0.280. The lowest BCUT2D eigenvalue weighted by Crippen LogP contribution is -2.25. The maximum Gasteiger partial charge on any atom is 0.213 e. The van der Waals surface area contributed by atoms with Gasteiger partial charge in [0.1, 0.15) is 12.2 Å². The molecule has 1 aliphatic carbocycles. The van der Waals surface area contributed by atoms with Gasteiger partial charge in [0.05, 0.1) is 5.56 Å². The number of aliphatic hydroxyl groups is 1. The third-order valence-electron chi connectivity index (χ3n) is 3.20. The molecule has 0 radical (unpaired) electrons. The molecule has 1 saturated carbocycles. The number of aromatic nitrogens is 1. The van der Waals surface area contributed by atoms with Crippen molar-refractivity contribution in [2.75, 3.05) is 6.61 Å². The first-order valence-electron chi connectivity index (χ1n) is 5.95. The highest BCUT2D eigenvalue weighted by Crippen LogP contribution is 2.26. The number of hydrogen-bond donors (Lipinski definition) is 1. The van der Waals surface area contributed by atoms with E-state index in [-0.39, 0.29) is 12.7 Å². The summed E-state index contributed by atoms with van der Waals surface area (Å²) in [5, 5.41) is 17.7. The van der Waals surface area contributed by atoms with Gasteiger partial charge < -0.3 is 9.84 Å². The predicted octanol–water partition coefficient (Wildman–Crippen LogP) is 1.88. The summed E-state index contributed by atoms with van der Waals surface area (Å²) in [5.41, 5.74) is 0.543. The summed E-state index contributed by atoms with van der Waals surface area (Å²) in [6, 6.07) is 5.47. The number of rotatable bonds is 3. The molecule has 1 N–H and O–H groups in total. The molecule has 1 aromatic rings. The smallest absolute Gasteiger partial charge is 0.213 e. The normalized spacial score (nSPS) is 24.0. The van der Waals surface area contributed by atoms with E-state index >= 15 is 0 Å². The van der Waals surface area contributed by atoms with Crippen LogP contribution in [-0.2, 0) is 0 Å². The highest BCUT2D eigenvalue weighted by atomic mass is 16.5. The van der Waals surface area contributed by atoms with Crippen LogP contribution in [0.3, 0.4) is 0 Å². The van der Waals surface area contributed by atoms with Crippen LogP contribution in [0.4, 0.5) is 0 Å². The van der Waals surface area contributed by atoms with Gasteiger partial charge in [0.25, 0.3) is 0 Å². The molecule has 1 heterocycles. The van der Waals surface area contributed by atoms with Crippen LogP contribution in [0.15, 0.2) is 18.3 Å². The first-order chi connectivity index (χ1) is 8.31. The van der Waals surface area contributed by atoms with E-state index in [1.165, 1.54) is 6.20 Å². The molecule has 0 atom stereocenters. The van der Waals surface area contributed by atoms with Crippen LogP contribution in [-0.4, -0.2) is 22.8 Å². The largest absolute Gasteiger partial charge is 0.474 e. The fraction of sp³-hybridized carbons (Fsp3) is 0.538. The minimum Gasteiger partial charge on any atom is -0.474 e. The van der Waals surface area contributed by atoms with Crippen LogP contribution in [0.1, 0.15) is 31.2 Å². The Labute approximate surface area is 101 Å². The van der Waals surface area contributed by atoms with E-state index < -0.39 is 0 Å². The number of pyridine rings is 1. The first-order valence-corrected chi connectivity index (χ1v) is 5.95. The van der Waals surface area contributed by atoms with Gasteiger partial charge in [-0.25, -0.2) is 4.98 Å². The summed E-state index contributed by atoms with van der Waals surface area (Å²) in [4.78, 5) is 4.09. The van der Waals surface area contributed by atoms with Crippen LogP contribution in [0, 0.1) is 17.2 Å². The van der Waals surface area contributed by atoms with Crippen molar-refractivity contribution >= 4 is 0 Å². The van der Waals surface area contributed by atoms with E-state index in [1.807, 2.05) is 6.07 Å². The van der Waals surface area contributed by atoms with E-state index in [9.17, 15) is 0 Å². The molecule has 17 heavy (non-hydrogen) atoms. The topological polar surface area (TPSA) is 66.1 Å². The highest BCUT2D eigenvalue weighted by molar-refractivity contribution is 5.28. The van der Waals surface area contributed by atoms with Gasteiger partial charge in [-0.05, 0) is 37.7 Å². The molecule has 0 amide bonds. The Bertz CT molecular complexity index is 389. The molecular weight excluding hydrogens is 216 g/mol. The summed E-state index contributed by atoms with van der Waals surface area (Å²) in [6.07, 6.45) is 5.67. The van der Waals surface area contributed by atoms with E-state index in [1.54, 1.807) is 12.1 Å². The SMILES string of the molecule is N#Cc1ccc(OC2CCC(CO)CC2)nc1. The number of nitriles is 1. The van der Waals surface area contributed by atoms with Gasteiger partial charge in [-0.15, -0.1) is 0 Å². The molecular formula is C13H16N2O2. The Morgan fingerprint density at radius 2 is 2.12 bits per heavy atom. The molecule has 1 aliphatic rings. The molecule has 1 fully saturated rings. The molecule has 4 heteroatoms. The van der Waals surface area contributed by atoms with Gasteiger partial charge in [-0.3, -0.25) is 0 Å². The third-order valence-corrected chi connectivity index (χ3v) is 3.20. The van der Waals surface area contributed by atoms with Crippen molar-refractivity contribution < 1.29 is 9.84 Å². The molecule has 4 nitrogen and oxygen atoms in total. The lowest BCUT2D eigenvalue weighted by Gasteiger charge is -2.27. The molecule has 0 unspecified atom stereocenters. The van der Waals surface area contributed by atoms with E-state index in [2.05, 4.69) is 4.98 Å². The Morgan fingerprint density at radius 3 is 2.65 bits per heavy atom. The van der Waals surface area contributed by atoms with Gasteiger partial charge in [0, 0.05) is 18.9 Å². The summed E-state index contributed by atoms with van der Waals surface area (Å²) < 4.78 is 5.75. The van der Waals surface area contributed by atoms with Crippen LogP contribution >= 0.6 is 0 Å². The average Bonchev–Trinajstić information content (AvgIpc) is 2.40. The van der Waals surface area contributed by atoms with Crippen molar-refractivity contribution in [1.29, 1.82) is 5.26 Å². The lowest BCUT2D eigenvalue weighted by atomic mass is 9.88. The Balaban J connectivity index is 1.87. The summed E-state index contributed by atoms with van der Waals surface area (Å²) >= 11 is 0. The second-order valence-electron chi connectivity index (χ2n) is 4.44. The second kappa shape index (κ2) is 5.65. The molecule has 2 rings (SSSR count). The number of hydrogen-bond acceptors (Lipinski definition) is 4. The van der Waals surface area contributed by atoms with E-state index in [0.717, 1.165) is 25.7 Å². The predicted molar refractivity (Wildman–Crippen MR) is 62.4 cm³/mol. The lowest BCUT2D eigenvalue weighted by molar-refractivity contribution is 0.100. The Hall–Kier alpha value is -1.60. The quantitative estimate of drug-likeness (QED) is 0.864. The van der Waals surface area contributed by atoms with Crippen molar-refractivity contribution in [3.63, 3.8) is 0 Å². The maximum absolute atomic E-state index is 9.04. The average molecular weight is 232 g/mol. The minimum atomic E-state index is 0.193. The molecule has 0 spiro atoms. The third kappa shape index (κ3) is 3.18. The fourth-order valence-corrected chi connectivity index (χ4v) is 2.12. The zero-order valence-electron chi connectivity index (χ0n) is 9.67. The van der Waals surface area contributed by atoms with Gasteiger partial charge in [-0.1, -0.05) is 0 Å². The van der Waals surface area contributed by atoms with Crippen molar-refractivity contribution in [3.8, 4) is 11.9 Å². The van der Waals surface area contributed by atoms with Crippen LogP contribution in [0.25, 0.3) is 0 Å². The summed E-state index contributed by atoms with van der Waals surface area (Å²) in [5.74, 6) is 1.01. The van der Waals surface area contributed by atoms with Gasteiger partial charge in [0.2, 0.25) is 5.88 Å². The van der Waals surface area contributed by atoms with Crippen molar-refractivity contribution in [2.24, 2.45) is 5.92 Å². The van der Waals surface area contributed by atoms with Gasteiger partial charge in [0.15, 0.2) is 0 Å². The number of ether oxygens (including phenoxy) is 1. The zero-order chi connectivity index (χ0) is 12.1. The van der Waals surface area contributed by atoms with Crippen LogP contribution in [0.2, 0.25) is 0 Å². The number of aliphatic hydroxyl groups excluding tert-OH is 1. The molecule has 0 bridgehead atoms. The molecule has 1 aromatic heterocycles. The van der Waals surface area contributed by atoms with Gasteiger partial charge >= 0.3 is 0 Å². The standard InChI is InChI=1S/C13H16N2O2/c14-7-11-3-6-13(15-8-11)17-12-4-1-10(9-16)2-5-12/h3,6,8,10,12,16H,1-2,4-5,9H2. The molecule has 0 saturated heterocycles. The van der Waals surface area contributed by atoms with E-state index in [0.29, 0.717) is 17.4 Å². The monoisotopic (exact) mass is 232 g/mol. The Kier molecular flexibility index (Phi) is 3.94. The van der Waals surface area contributed by atoms with Crippen LogP contribution < -0.4 is 4.74 Å². The highest BCUT2D eigenvalue weighted by Gasteiger charge is 2.21. The van der Waals surface area contributed by atoms with Crippen molar-refractivity contribution in [2.45, 2.75) is 31.8 Å².